The second kappa shape index (κ2) is 12.9. The first-order valence-electron chi connectivity index (χ1n) is 9.23. The van der Waals surface area contributed by atoms with Gasteiger partial charge in [-0.1, -0.05) is 98.1 Å². The Balaban J connectivity index is 1.57. The summed E-state index contributed by atoms with van der Waals surface area (Å²) in [7, 11) is -2.47. The number of rotatable bonds is 12. The average Bonchev–Trinajstić information content (AvgIpc) is 2.74. The van der Waals surface area contributed by atoms with Crippen LogP contribution in [0.15, 0.2) is 86.0 Å². The lowest BCUT2D eigenvalue weighted by Crippen LogP contribution is -1.88. The molecule has 0 aromatic heterocycles. The first-order valence-corrected chi connectivity index (χ1v) is 10.5. The lowest BCUT2D eigenvalue weighted by atomic mass is 10.1. The van der Waals surface area contributed by atoms with Gasteiger partial charge < -0.3 is 9.05 Å². The van der Waals surface area contributed by atoms with Crippen molar-refractivity contribution in [3.63, 3.8) is 0 Å². The van der Waals surface area contributed by atoms with Gasteiger partial charge >= 0.3 is 8.25 Å². The van der Waals surface area contributed by atoms with Crippen molar-refractivity contribution >= 4 is 20.4 Å². The summed E-state index contributed by atoms with van der Waals surface area (Å²) in [6.45, 7) is 8.04. The van der Waals surface area contributed by atoms with Crippen LogP contribution >= 0.6 is 8.25 Å². The van der Waals surface area contributed by atoms with E-state index >= 15 is 0 Å². The van der Waals surface area contributed by atoms with E-state index in [1.54, 1.807) is 0 Å². The van der Waals surface area contributed by atoms with Gasteiger partial charge in [0, 0.05) is 0 Å². The predicted molar refractivity (Wildman–Crippen MR) is 120 cm³/mol. The van der Waals surface area contributed by atoms with Crippen LogP contribution < -0.4 is 0 Å². The zero-order valence-electron chi connectivity index (χ0n) is 16.1. The molecule has 2 rings (SSSR count). The molecule has 4 heteroatoms. The van der Waals surface area contributed by atoms with Gasteiger partial charge in [0.2, 0.25) is 0 Å². The third-order valence-electron chi connectivity index (χ3n) is 4.07. The fraction of sp³-hybridized carbons (Fsp3) is 0.167. The lowest BCUT2D eigenvalue weighted by molar-refractivity contribution is 0.261. The van der Waals surface area contributed by atoms with E-state index in [1.165, 1.54) is 11.1 Å². The topological polar surface area (TPSA) is 35.5 Å². The summed E-state index contributed by atoms with van der Waals surface area (Å²) in [4.78, 5) is 0. The summed E-state index contributed by atoms with van der Waals surface area (Å²) < 4.78 is 22.1. The van der Waals surface area contributed by atoms with Crippen LogP contribution in [0.3, 0.4) is 0 Å². The van der Waals surface area contributed by atoms with Crippen LogP contribution in [-0.4, -0.2) is 13.2 Å². The molecule has 0 N–H and O–H groups in total. The lowest BCUT2D eigenvalue weighted by Gasteiger charge is -2.01. The summed E-state index contributed by atoms with van der Waals surface area (Å²) in [5.41, 5.74) is 4.61. The van der Waals surface area contributed by atoms with Crippen molar-refractivity contribution in [3.05, 3.63) is 108 Å². The van der Waals surface area contributed by atoms with Crippen LogP contribution in [0.5, 0.6) is 0 Å². The largest absolute Gasteiger partial charge is 0.319 e. The van der Waals surface area contributed by atoms with Crippen LogP contribution in [0.2, 0.25) is 0 Å². The molecule has 0 amide bonds. The van der Waals surface area contributed by atoms with Crippen molar-refractivity contribution < 1.29 is 13.6 Å². The van der Waals surface area contributed by atoms with Gasteiger partial charge in [-0.3, -0.25) is 4.57 Å². The van der Waals surface area contributed by atoms with Crippen molar-refractivity contribution in [2.24, 2.45) is 0 Å². The van der Waals surface area contributed by atoms with E-state index in [0.717, 1.165) is 24.0 Å². The quantitative estimate of drug-likeness (QED) is 0.313. The van der Waals surface area contributed by atoms with Gasteiger partial charge in [-0.05, 0) is 35.1 Å². The Morgan fingerprint density at radius 2 is 1.07 bits per heavy atom. The van der Waals surface area contributed by atoms with Crippen LogP contribution in [0.4, 0.5) is 0 Å². The van der Waals surface area contributed by atoms with E-state index in [-0.39, 0.29) is 13.2 Å². The molecule has 0 aliphatic rings. The fourth-order valence-electron chi connectivity index (χ4n) is 2.43. The summed E-state index contributed by atoms with van der Waals surface area (Å²) in [5, 5.41) is 0. The molecule has 3 nitrogen and oxygen atoms in total. The van der Waals surface area contributed by atoms with Crippen LogP contribution in [0.1, 0.15) is 22.3 Å². The van der Waals surface area contributed by atoms with Crippen LogP contribution in [-0.2, 0) is 26.5 Å². The molecule has 2 aromatic carbocycles. The van der Waals surface area contributed by atoms with Crippen LogP contribution in [0.25, 0.3) is 12.2 Å². The van der Waals surface area contributed by atoms with Crippen molar-refractivity contribution in [2.45, 2.75) is 12.8 Å². The van der Waals surface area contributed by atoms with Gasteiger partial charge in [0.25, 0.3) is 0 Å². The molecule has 0 heterocycles. The van der Waals surface area contributed by atoms with Crippen LogP contribution in [0, 0.1) is 0 Å². The highest BCUT2D eigenvalue weighted by molar-refractivity contribution is 7.33. The minimum Gasteiger partial charge on any atom is -0.306 e. The SMILES string of the molecule is C=Cc1ccc(CC=CCO[PH](=O)OCC=CCc2ccc(C=C)cc2)cc1. The van der Waals surface area contributed by atoms with E-state index in [0.29, 0.717) is 0 Å². The van der Waals surface area contributed by atoms with Crippen molar-refractivity contribution in [2.75, 3.05) is 13.2 Å². The Labute approximate surface area is 168 Å². The number of hydrogen-bond acceptors (Lipinski definition) is 3. The second-order valence-corrected chi connectivity index (χ2v) is 7.19. The average molecular weight is 394 g/mol. The maximum atomic E-state index is 11.7. The fourth-order valence-corrected chi connectivity index (χ4v) is 2.98. The van der Waals surface area contributed by atoms with Gasteiger partial charge in [-0.25, -0.2) is 0 Å². The van der Waals surface area contributed by atoms with Crippen molar-refractivity contribution in [1.82, 2.24) is 0 Å². The normalized spacial score (nSPS) is 12.4. The molecule has 0 aliphatic heterocycles. The highest BCUT2D eigenvalue weighted by Gasteiger charge is 1.96. The van der Waals surface area contributed by atoms with Gasteiger partial charge in [0.1, 0.15) is 0 Å². The molecule has 0 saturated carbocycles. The molecular weight excluding hydrogens is 367 g/mol. The van der Waals surface area contributed by atoms with E-state index in [1.807, 2.05) is 60.7 Å². The molecule has 28 heavy (non-hydrogen) atoms. The van der Waals surface area contributed by atoms with Gasteiger partial charge in [-0.2, -0.15) is 0 Å². The van der Waals surface area contributed by atoms with E-state index in [4.69, 9.17) is 9.05 Å². The molecule has 0 fully saturated rings. The molecule has 146 valence electrons. The number of benzene rings is 2. The second-order valence-electron chi connectivity index (χ2n) is 6.11. The maximum absolute atomic E-state index is 11.7. The van der Waals surface area contributed by atoms with E-state index in [2.05, 4.69) is 37.4 Å². The summed E-state index contributed by atoms with van der Waals surface area (Å²) in [6, 6.07) is 16.4. The molecule has 0 saturated heterocycles. The summed E-state index contributed by atoms with van der Waals surface area (Å²) >= 11 is 0. The van der Waals surface area contributed by atoms with Crippen molar-refractivity contribution in [1.29, 1.82) is 0 Å². The van der Waals surface area contributed by atoms with Gasteiger partial charge in [0.05, 0.1) is 13.2 Å². The highest BCUT2D eigenvalue weighted by atomic mass is 31.1. The van der Waals surface area contributed by atoms with Gasteiger partial charge in [0.15, 0.2) is 0 Å². The molecule has 0 unspecified atom stereocenters. The zero-order valence-corrected chi connectivity index (χ0v) is 17.1. The smallest absolute Gasteiger partial charge is 0.306 e. The third kappa shape index (κ3) is 8.49. The Morgan fingerprint density at radius 1 is 0.679 bits per heavy atom. The molecule has 0 radical (unpaired) electrons. The summed E-state index contributed by atoms with van der Waals surface area (Å²) in [5.74, 6) is 0. The molecule has 0 bridgehead atoms. The van der Waals surface area contributed by atoms with Crippen molar-refractivity contribution in [3.8, 4) is 0 Å². The Kier molecular flexibility index (Phi) is 10.0. The van der Waals surface area contributed by atoms with E-state index in [9.17, 15) is 4.57 Å². The number of hydrogen-bond donors (Lipinski definition) is 0. The Hall–Kier alpha value is -2.45. The number of allylic oxidation sites excluding steroid dienone is 2. The first-order chi connectivity index (χ1) is 13.7. The summed E-state index contributed by atoms with van der Waals surface area (Å²) in [6.07, 6.45) is 13.0. The third-order valence-corrected chi connectivity index (χ3v) is 4.87. The monoisotopic (exact) mass is 394 g/mol. The molecule has 2 aromatic rings. The Morgan fingerprint density at radius 3 is 1.43 bits per heavy atom. The molecule has 0 spiro atoms. The zero-order chi connectivity index (χ0) is 20.0. The molecular formula is C24H27O3P. The maximum Gasteiger partial charge on any atom is 0.319 e. The minimum absolute atomic E-state index is 0.280. The Bertz CT molecular complexity index is 748. The molecule has 0 atom stereocenters. The first kappa shape index (κ1) is 21.8. The predicted octanol–water partition coefficient (Wildman–Crippen LogP) is 6.29. The van der Waals surface area contributed by atoms with E-state index < -0.39 is 8.25 Å². The standard InChI is InChI=1S/C24H27O3P/c1-3-21-11-15-23(16-12-21)9-5-7-19-26-28(25)27-20-8-6-10-24-17-13-22(4-2)14-18-24/h3-8,11-18,28H,1-2,9-10,19-20H2. The minimum atomic E-state index is -2.47. The molecule has 0 aliphatic carbocycles. The highest BCUT2D eigenvalue weighted by Crippen LogP contribution is 2.23. The van der Waals surface area contributed by atoms with Gasteiger partial charge in [-0.15, -0.1) is 0 Å².